The van der Waals surface area contributed by atoms with E-state index in [2.05, 4.69) is 10.3 Å². The number of hydrogen-bond acceptors (Lipinski definition) is 8. The molecule has 13 heteroatoms. The van der Waals surface area contributed by atoms with Crippen LogP contribution in [0.25, 0.3) is 0 Å². The fourth-order valence-electron chi connectivity index (χ4n) is 8.70. The number of anilines is 3. The number of carbonyl (C=O) groups excluding carboxylic acids is 3. The van der Waals surface area contributed by atoms with E-state index in [1.54, 1.807) is 19.4 Å². The first kappa shape index (κ1) is 34.4. The minimum absolute atomic E-state index is 0.0406. The Kier molecular flexibility index (Phi) is 8.64. The molecule has 12 nitrogen and oxygen atoms in total. The quantitative estimate of drug-likeness (QED) is 0.173. The molecule has 4 aliphatic rings. The van der Waals surface area contributed by atoms with Crippen LogP contribution in [0.2, 0.25) is 18.6 Å². The maximum absolute atomic E-state index is 15.0. The first-order valence-corrected chi connectivity index (χ1v) is 21.1. The Hall–Kier alpha value is -4.69. The third-order valence-corrected chi connectivity index (χ3v) is 14.0. The van der Waals surface area contributed by atoms with Crippen LogP contribution in [0.15, 0.2) is 79.0 Å². The average Bonchev–Trinajstić information content (AvgIpc) is 3.77. The summed E-state index contributed by atoms with van der Waals surface area (Å²) in [6, 6.07) is 23.2. The lowest BCUT2D eigenvalue weighted by molar-refractivity contribution is -0.146. The predicted molar refractivity (Wildman–Crippen MR) is 197 cm³/mol. The molecule has 4 aromatic rings. The van der Waals surface area contributed by atoms with Crippen molar-refractivity contribution in [3.05, 3.63) is 101 Å². The minimum atomic E-state index is -2.93. The molecule has 2 N–H and O–H groups in total. The number of amides is 3. The number of benzene rings is 3. The molecule has 4 aliphatic heterocycles. The van der Waals surface area contributed by atoms with Gasteiger partial charge in [-0.05, 0) is 61.0 Å². The summed E-state index contributed by atoms with van der Waals surface area (Å²) >= 11 is 0. The molecule has 5 heterocycles. The minimum Gasteiger partial charge on any atom is -0.432 e. The highest BCUT2D eigenvalue weighted by Crippen LogP contribution is 2.60. The zero-order valence-corrected chi connectivity index (χ0v) is 30.7. The van der Waals surface area contributed by atoms with Crippen molar-refractivity contribution in [2.75, 3.05) is 34.4 Å². The highest BCUT2D eigenvalue weighted by Gasteiger charge is 2.66. The van der Waals surface area contributed by atoms with Crippen LogP contribution >= 0.6 is 0 Å². The van der Waals surface area contributed by atoms with E-state index >= 15 is 0 Å². The van der Waals surface area contributed by atoms with Crippen LogP contribution in [0.3, 0.4) is 0 Å². The molecule has 3 saturated heterocycles. The van der Waals surface area contributed by atoms with E-state index < -0.39 is 20.0 Å². The molecule has 52 heavy (non-hydrogen) atoms. The smallest absolute Gasteiger partial charge is 0.264 e. The first-order chi connectivity index (χ1) is 25.0. The maximum atomic E-state index is 15.0. The first-order valence-electron chi connectivity index (χ1n) is 18.1. The van der Waals surface area contributed by atoms with Crippen LogP contribution in [0, 0.1) is 5.92 Å². The van der Waals surface area contributed by atoms with Crippen molar-refractivity contribution in [2.24, 2.45) is 5.92 Å². The molecule has 1 unspecified atom stereocenters. The van der Waals surface area contributed by atoms with Gasteiger partial charge in [0.05, 0.1) is 36.6 Å². The van der Waals surface area contributed by atoms with E-state index in [0.29, 0.717) is 56.7 Å². The number of aliphatic hydroxyl groups excluding tert-OH is 1. The molecule has 3 aromatic carbocycles. The van der Waals surface area contributed by atoms with Crippen LogP contribution in [0.5, 0.6) is 0 Å². The summed E-state index contributed by atoms with van der Waals surface area (Å²) in [5.41, 5.74) is 3.88. The average molecular weight is 721 g/mol. The predicted octanol–water partition coefficient (Wildman–Crippen LogP) is 4.31. The van der Waals surface area contributed by atoms with Gasteiger partial charge in [0.15, 0.2) is 13.9 Å². The van der Waals surface area contributed by atoms with E-state index in [1.807, 2.05) is 99.0 Å². The Balaban J connectivity index is 1.10. The zero-order chi connectivity index (χ0) is 36.4. The number of rotatable bonds is 11. The number of nitrogens with zero attached hydrogens (tertiary/aromatic N) is 6. The van der Waals surface area contributed by atoms with Gasteiger partial charge in [-0.2, -0.15) is 0 Å². The lowest BCUT2D eigenvalue weighted by Gasteiger charge is -2.33. The second-order valence-electron chi connectivity index (χ2n) is 15.1. The summed E-state index contributed by atoms with van der Waals surface area (Å²) in [7, 11) is -2.93. The molecular formula is C39H44N6O6Si. The van der Waals surface area contributed by atoms with Crippen molar-refractivity contribution in [2.45, 2.75) is 75.5 Å². The Morgan fingerprint density at radius 1 is 0.942 bits per heavy atom. The number of aromatic nitrogens is 3. The lowest BCUT2D eigenvalue weighted by Crippen LogP contribution is -2.46. The van der Waals surface area contributed by atoms with Crippen LogP contribution in [-0.4, -0.2) is 76.7 Å². The molecule has 3 fully saturated rings. The van der Waals surface area contributed by atoms with Crippen LogP contribution < -0.4 is 14.7 Å². The van der Waals surface area contributed by atoms with Crippen LogP contribution in [0.1, 0.15) is 54.5 Å². The summed E-state index contributed by atoms with van der Waals surface area (Å²) in [5.74, 6) is -0.721. The van der Waals surface area contributed by atoms with Gasteiger partial charge in [0.25, 0.3) is 5.91 Å². The summed E-state index contributed by atoms with van der Waals surface area (Å²) < 4.78 is 8.81. The Morgan fingerprint density at radius 2 is 1.62 bits per heavy atom. The summed E-state index contributed by atoms with van der Waals surface area (Å²) in [5, 5.41) is 18.9. The molecule has 1 aromatic heterocycles. The van der Waals surface area contributed by atoms with Crippen molar-refractivity contribution in [1.82, 2.24) is 15.0 Å². The number of aliphatic hydroxyl groups is 1. The van der Waals surface area contributed by atoms with Gasteiger partial charge in [-0.1, -0.05) is 54.6 Å². The second kappa shape index (κ2) is 13.1. The number of β-lactam (4-membered cyclic amide) rings is 2. The largest absolute Gasteiger partial charge is 0.432 e. The molecule has 5 atom stereocenters. The van der Waals surface area contributed by atoms with Crippen molar-refractivity contribution >= 4 is 43.1 Å². The Bertz CT molecular complexity index is 2020. The van der Waals surface area contributed by atoms with Crippen LogP contribution in [0.4, 0.5) is 17.1 Å². The monoisotopic (exact) mass is 720 g/mol. The highest BCUT2D eigenvalue weighted by atomic mass is 28.4. The van der Waals surface area contributed by atoms with Crippen molar-refractivity contribution < 1.29 is 29.0 Å². The van der Waals surface area contributed by atoms with E-state index in [1.165, 1.54) is 0 Å². The van der Waals surface area contributed by atoms with Crippen molar-refractivity contribution in [3.63, 3.8) is 0 Å². The summed E-state index contributed by atoms with van der Waals surface area (Å²) in [4.78, 5) is 56.6. The van der Waals surface area contributed by atoms with E-state index in [9.17, 15) is 24.3 Å². The van der Waals surface area contributed by atoms with Gasteiger partial charge in [-0.3, -0.25) is 19.1 Å². The molecular weight excluding hydrogens is 677 g/mol. The topological polar surface area (TPSA) is 141 Å². The van der Waals surface area contributed by atoms with Crippen LogP contribution in [-0.2, 0) is 37.8 Å². The molecule has 0 radical (unpaired) electrons. The third kappa shape index (κ3) is 5.66. The number of hydrogen-bond donors (Lipinski definition) is 2. The normalized spacial score (nSPS) is 24.8. The number of carbonyl (C=O) groups is 3. The number of ether oxygens (including phenoxy) is 1. The Morgan fingerprint density at radius 3 is 2.23 bits per heavy atom. The lowest BCUT2D eigenvalue weighted by atomic mass is 9.82. The zero-order valence-electron chi connectivity index (χ0n) is 29.7. The van der Waals surface area contributed by atoms with Gasteiger partial charge in [-0.15, -0.1) is 5.10 Å². The fourth-order valence-corrected chi connectivity index (χ4v) is 11.3. The summed E-state index contributed by atoms with van der Waals surface area (Å²) in [6.07, 6.45) is 2.91. The fraction of sp³-hybridized carbons (Fsp3) is 0.410. The second-order valence-corrected chi connectivity index (χ2v) is 19.0. The van der Waals surface area contributed by atoms with Gasteiger partial charge in [0.2, 0.25) is 11.8 Å². The molecule has 270 valence electrons. The van der Waals surface area contributed by atoms with Gasteiger partial charge in [0.1, 0.15) is 0 Å². The van der Waals surface area contributed by atoms with Gasteiger partial charge in [0, 0.05) is 67.1 Å². The van der Waals surface area contributed by atoms with Gasteiger partial charge in [-0.25, -0.2) is 0 Å². The maximum Gasteiger partial charge on any atom is 0.264 e. The van der Waals surface area contributed by atoms with Gasteiger partial charge < -0.3 is 29.3 Å². The molecule has 8 rings (SSSR count). The van der Waals surface area contributed by atoms with Gasteiger partial charge >= 0.3 is 0 Å². The van der Waals surface area contributed by atoms with E-state index in [-0.39, 0.29) is 41.7 Å². The van der Waals surface area contributed by atoms with Crippen molar-refractivity contribution in [1.29, 1.82) is 0 Å². The third-order valence-electron chi connectivity index (χ3n) is 11.5. The standard InChI is InChI=1S/C39H44N6O6Si/c1-25-37(52(2,3)50)34(15-18-42-23-32(40-41-42)30(24-46)27-7-5-4-6-8-27)51-39(25)31-21-29(44-20-17-36(44)48)13-14-33(31)45(38(39)49)22-26-9-11-28(12-10-26)43-19-16-35(43)47/h4-14,21,23,25,30,34,37,46,50H,15-20,22,24H2,1-3H3/t25-,30?,34+,37-,39+/m0/s1. The molecule has 0 saturated carbocycles. The van der Waals surface area contributed by atoms with Crippen molar-refractivity contribution in [3.8, 4) is 0 Å². The van der Waals surface area contributed by atoms with E-state index in [0.717, 1.165) is 28.2 Å². The molecule has 0 bridgehead atoms. The molecule has 3 amide bonds. The SMILES string of the molecule is C[C@H]1[C@H]([Si](C)(C)O)[C@@H](CCn2cc(C(CO)c3ccccc3)nn2)O[C@]12C(=O)N(Cc1ccc(N3CCC3=O)cc1)c1ccc(N3CCC3=O)cc12. The molecule has 1 spiro atoms. The summed E-state index contributed by atoms with van der Waals surface area (Å²) in [6.45, 7) is 7.77. The van der Waals surface area contributed by atoms with E-state index in [4.69, 9.17) is 4.74 Å². The number of fused-ring (bicyclic) bond motifs is 2. The molecule has 0 aliphatic carbocycles. The number of aryl methyl sites for hydroxylation is 1. The highest BCUT2D eigenvalue weighted by molar-refractivity contribution is 6.71. The Labute approximate surface area is 303 Å².